The van der Waals surface area contributed by atoms with Gasteiger partial charge < -0.3 is 14.9 Å². The van der Waals surface area contributed by atoms with Gasteiger partial charge in [0.05, 0.1) is 18.8 Å². The number of rotatable bonds is 2. The minimum absolute atomic E-state index is 0.134. The second-order valence-electron chi connectivity index (χ2n) is 4.09. The summed E-state index contributed by atoms with van der Waals surface area (Å²) in [5.41, 5.74) is 1.03. The number of hydrogen-bond donors (Lipinski definition) is 2. The molecular weight excluding hydrogens is 331 g/mol. The van der Waals surface area contributed by atoms with Gasteiger partial charge in [0.1, 0.15) is 6.10 Å². The molecule has 2 rings (SSSR count). The number of allylic oxidation sites excluding steroid dienone is 6. The van der Waals surface area contributed by atoms with Crippen molar-refractivity contribution in [2.75, 3.05) is 6.61 Å². The molecule has 1 fully saturated rings. The zero-order valence-electron chi connectivity index (χ0n) is 9.29. The van der Waals surface area contributed by atoms with Crippen LogP contribution in [0.2, 0.25) is 0 Å². The van der Waals surface area contributed by atoms with Crippen LogP contribution in [-0.2, 0) is 4.74 Å². The molecule has 0 spiro atoms. The van der Waals surface area contributed by atoms with Gasteiger partial charge in [0.25, 0.3) is 0 Å². The molecule has 0 amide bonds. The van der Waals surface area contributed by atoms with E-state index in [1.54, 1.807) is 0 Å². The van der Waals surface area contributed by atoms with Crippen molar-refractivity contribution >= 4 is 22.6 Å². The number of aliphatic hydroxyl groups is 2. The molecule has 1 heterocycles. The lowest BCUT2D eigenvalue weighted by molar-refractivity contribution is -0.0123. The van der Waals surface area contributed by atoms with E-state index in [9.17, 15) is 5.11 Å². The van der Waals surface area contributed by atoms with Crippen molar-refractivity contribution in [3.63, 3.8) is 0 Å². The second kappa shape index (κ2) is 5.95. The highest BCUT2D eigenvalue weighted by atomic mass is 127. The van der Waals surface area contributed by atoms with Crippen molar-refractivity contribution in [3.05, 3.63) is 45.6 Å². The molecule has 1 aliphatic carbocycles. The molecule has 4 heteroatoms. The molecule has 1 unspecified atom stereocenters. The molecular formula is C13H15IO3. The van der Waals surface area contributed by atoms with Crippen LogP contribution in [0.3, 0.4) is 0 Å². The Kier molecular flexibility index (Phi) is 4.55. The Hall–Kier alpha value is -0.430. The van der Waals surface area contributed by atoms with E-state index in [-0.39, 0.29) is 12.7 Å². The van der Waals surface area contributed by atoms with Gasteiger partial charge in [-0.2, -0.15) is 0 Å². The smallest absolute Gasteiger partial charge is 0.107 e. The summed E-state index contributed by atoms with van der Waals surface area (Å²) in [6.07, 6.45) is 11.3. The van der Waals surface area contributed by atoms with Gasteiger partial charge in [0, 0.05) is 10.0 Å². The Morgan fingerprint density at radius 3 is 2.76 bits per heavy atom. The lowest BCUT2D eigenvalue weighted by atomic mass is 10.0. The summed E-state index contributed by atoms with van der Waals surface area (Å²) in [7, 11) is 0. The second-order valence-corrected chi connectivity index (χ2v) is 5.33. The van der Waals surface area contributed by atoms with E-state index in [4.69, 9.17) is 9.84 Å². The molecule has 0 saturated carbocycles. The zero-order valence-corrected chi connectivity index (χ0v) is 11.4. The SMILES string of the molecule is OC[C@H]1O[C@@H](C2=C/C=C\C=C(\I)C=C2)CC1O. The third-order valence-corrected chi connectivity index (χ3v) is 3.58. The lowest BCUT2D eigenvalue weighted by Crippen LogP contribution is -2.24. The molecule has 0 aromatic heterocycles. The van der Waals surface area contributed by atoms with Gasteiger partial charge in [-0.3, -0.25) is 0 Å². The van der Waals surface area contributed by atoms with Crippen LogP contribution in [0.25, 0.3) is 0 Å². The summed E-state index contributed by atoms with van der Waals surface area (Å²) in [5, 5.41) is 18.7. The summed E-state index contributed by atoms with van der Waals surface area (Å²) in [4.78, 5) is 0. The van der Waals surface area contributed by atoms with Crippen LogP contribution in [0.5, 0.6) is 0 Å². The predicted molar refractivity (Wildman–Crippen MR) is 74.8 cm³/mol. The molecule has 92 valence electrons. The van der Waals surface area contributed by atoms with E-state index >= 15 is 0 Å². The monoisotopic (exact) mass is 346 g/mol. The molecule has 1 saturated heterocycles. The molecule has 2 aliphatic rings. The Morgan fingerprint density at radius 2 is 2.06 bits per heavy atom. The van der Waals surface area contributed by atoms with E-state index in [2.05, 4.69) is 22.6 Å². The summed E-state index contributed by atoms with van der Waals surface area (Å²) < 4.78 is 6.76. The highest BCUT2D eigenvalue weighted by Gasteiger charge is 2.34. The van der Waals surface area contributed by atoms with Crippen molar-refractivity contribution in [1.29, 1.82) is 0 Å². The largest absolute Gasteiger partial charge is 0.394 e. The van der Waals surface area contributed by atoms with Crippen molar-refractivity contribution in [2.45, 2.75) is 24.7 Å². The number of halogens is 1. The number of hydrogen-bond acceptors (Lipinski definition) is 3. The summed E-state index contributed by atoms with van der Waals surface area (Å²) in [6.45, 7) is -0.137. The minimum atomic E-state index is -0.580. The molecule has 17 heavy (non-hydrogen) atoms. The lowest BCUT2D eigenvalue weighted by Gasteiger charge is -2.13. The first-order valence-electron chi connectivity index (χ1n) is 5.57. The first-order valence-corrected chi connectivity index (χ1v) is 6.65. The van der Waals surface area contributed by atoms with Crippen LogP contribution in [-0.4, -0.2) is 35.1 Å². The predicted octanol–water partition coefficient (Wildman–Crippen LogP) is 1.87. The Balaban J connectivity index is 2.11. The van der Waals surface area contributed by atoms with E-state index in [1.165, 1.54) is 0 Å². The summed E-state index contributed by atoms with van der Waals surface area (Å²) >= 11 is 2.25. The molecule has 0 bridgehead atoms. The highest BCUT2D eigenvalue weighted by molar-refractivity contribution is 14.1. The molecule has 0 aromatic rings. The Bertz CT molecular complexity index is 395. The molecule has 2 N–H and O–H groups in total. The van der Waals surface area contributed by atoms with Crippen molar-refractivity contribution in [2.24, 2.45) is 0 Å². The normalized spacial score (nSPS) is 37.9. The first kappa shape index (κ1) is 13.0. The van der Waals surface area contributed by atoms with Gasteiger partial charge in [-0.25, -0.2) is 0 Å². The quantitative estimate of drug-likeness (QED) is 0.751. The molecule has 0 aromatic carbocycles. The molecule has 3 nitrogen and oxygen atoms in total. The van der Waals surface area contributed by atoms with E-state index in [1.807, 2.05) is 36.5 Å². The fourth-order valence-corrected chi connectivity index (χ4v) is 2.31. The van der Waals surface area contributed by atoms with Gasteiger partial charge in [0.15, 0.2) is 0 Å². The minimum Gasteiger partial charge on any atom is -0.394 e. The third kappa shape index (κ3) is 3.28. The summed E-state index contributed by atoms with van der Waals surface area (Å²) in [6, 6.07) is 0. The van der Waals surface area contributed by atoms with E-state index < -0.39 is 12.2 Å². The third-order valence-electron chi connectivity index (χ3n) is 2.87. The number of ether oxygens (including phenoxy) is 1. The maximum Gasteiger partial charge on any atom is 0.107 e. The topological polar surface area (TPSA) is 49.7 Å². The standard InChI is InChI=1S/C13H15IO3/c14-10-4-2-1-3-9(5-6-10)12-7-11(16)13(8-15)17-12/h1-6,11-13,15-16H,7-8H2/b2-1-,3-1?,4-2?,6-5?,9-3?,9-5?,10-4+,10-6?/t11?,12-,13-/m1/s1. The van der Waals surface area contributed by atoms with Gasteiger partial charge in [0.2, 0.25) is 0 Å². The first-order chi connectivity index (χ1) is 8.20. The van der Waals surface area contributed by atoms with Crippen LogP contribution >= 0.6 is 22.6 Å². The van der Waals surface area contributed by atoms with Gasteiger partial charge in [-0.1, -0.05) is 24.3 Å². The maximum absolute atomic E-state index is 9.70. The van der Waals surface area contributed by atoms with Crippen LogP contribution < -0.4 is 0 Å². The van der Waals surface area contributed by atoms with Crippen LogP contribution in [0.15, 0.2) is 45.6 Å². The summed E-state index contributed by atoms with van der Waals surface area (Å²) in [5.74, 6) is 0. The van der Waals surface area contributed by atoms with Crippen LogP contribution in [0, 0.1) is 0 Å². The molecule has 3 atom stereocenters. The maximum atomic E-state index is 9.70. The highest BCUT2D eigenvalue weighted by Crippen LogP contribution is 2.27. The average Bonchev–Trinajstić information content (AvgIpc) is 2.65. The fourth-order valence-electron chi connectivity index (χ4n) is 1.92. The Morgan fingerprint density at radius 1 is 1.29 bits per heavy atom. The molecule has 0 radical (unpaired) electrons. The van der Waals surface area contributed by atoms with Gasteiger partial charge in [-0.05, 0) is 40.3 Å². The fraction of sp³-hybridized carbons (Fsp3) is 0.385. The van der Waals surface area contributed by atoms with Crippen molar-refractivity contribution in [3.8, 4) is 0 Å². The van der Waals surface area contributed by atoms with Crippen molar-refractivity contribution < 1.29 is 14.9 Å². The zero-order chi connectivity index (χ0) is 12.3. The Labute approximate surface area is 114 Å². The number of aliphatic hydroxyl groups excluding tert-OH is 2. The van der Waals surface area contributed by atoms with Gasteiger partial charge in [-0.15, -0.1) is 0 Å². The van der Waals surface area contributed by atoms with Crippen LogP contribution in [0.4, 0.5) is 0 Å². The average molecular weight is 346 g/mol. The van der Waals surface area contributed by atoms with E-state index in [0.717, 1.165) is 9.15 Å². The van der Waals surface area contributed by atoms with E-state index in [0.29, 0.717) is 6.42 Å². The van der Waals surface area contributed by atoms with Gasteiger partial charge >= 0.3 is 0 Å². The molecule has 1 aliphatic heterocycles. The van der Waals surface area contributed by atoms with Crippen LogP contribution in [0.1, 0.15) is 6.42 Å². The van der Waals surface area contributed by atoms with Crippen molar-refractivity contribution in [1.82, 2.24) is 0 Å².